The Hall–Kier alpha value is -4.38. The molecule has 3 rings (SSSR count). The molecule has 0 spiro atoms. The molecule has 8 heteroatoms. The molecule has 3 amide bonds. The van der Waals surface area contributed by atoms with Crippen LogP contribution in [0, 0.1) is 31.0 Å². The molecule has 0 unspecified atom stereocenters. The van der Waals surface area contributed by atoms with E-state index in [0.717, 1.165) is 17.1 Å². The molecule has 0 aliphatic heterocycles. The van der Waals surface area contributed by atoms with Gasteiger partial charge in [-0.2, -0.15) is 5.26 Å². The van der Waals surface area contributed by atoms with Gasteiger partial charge in [0.1, 0.15) is 29.8 Å². The number of amides is 3. The van der Waals surface area contributed by atoms with Gasteiger partial charge in [0.05, 0.1) is 0 Å². The number of halogens is 1. The van der Waals surface area contributed by atoms with Gasteiger partial charge in [0.2, 0.25) is 0 Å². The Morgan fingerprint density at radius 1 is 1.19 bits per heavy atom. The Kier molecular flexibility index (Phi) is 6.71. The van der Waals surface area contributed by atoms with E-state index >= 15 is 0 Å². The van der Waals surface area contributed by atoms with E-state index in [1.165, 1.54) is 12.1 Å². The zero-order chi connectivity index (χ0) is 23.3. The fourth-order valence-corrected chi connectivity index (χ4v) is 3.28. The fraction of sp³-hybridized carbons (Fsp3) is 0.125. The predicted octanol–water partition coefficient (Wildman–Crippen LogP) is 3.91. The van der Waals surface area contributed by atoms with Crippen molar-refractivity contribution in [2.75, 3.05) is 0 Å². The summed E-state index contributed by atoms with van der Waals surface area (Å²) in [6, 6.07) is 16.3. The first-order chi connectivity index (χ1) is 15.3. The van der Waals surface area contributed by atoms with Crippen LogP contribution in [-0.4, -0.2) is 16.5 Å². The van der Waals surface area contributed by atoms with Gasteiger partial charge < -0.3 is 15.0 Å². The molecule has 0 aliphatic rings. The van der Waals surface area contributed by atoms with Gasteiger partial charge in [0.25, 0.3) is 5.91 Å². The smallest absolute Gasteiger partial charge is 0.319 e. The molecule has 3 N–H and O–H groups in total. The molecule has 3 aromatic rings. The highest BCUT2D eigenvalue weighted by atomic mass is 19.1. The monoisotopic (exact) mass is 432 g/mol. The van der Waals surface area contributed by atoms with Crippen LogP contribution in [0.3, 0.4) is 0 Å². The Morgan fingerprint density at radius 3 is 2.50 bits per heavy atom. The summed E-state index contributed by atoms with van der Waals surface area (Å²) in [4.78, 5) is 22.8. The number of hydrogen-bond donors (Lipinski definition) is 2. The molecule has 0 radical (unpaired) electrons. The summed E-state index contributed by atoms with van der Waals surface area (Å²) in [5, 5.41) is 11.1. The molecular weight excluding hydrogens is 411 g/mol. The van der Waals surface area contributed by atoms with E-state index in [1.54, 1.807) is 36.4 Å². The quantitative estimate of drug-likeness (QED) is 0.454. The number of nitrogens with two attached hydrogens (primary N) is 1. The summed E-state index contributed by atoms with van der Waals surface area (Å²) in [5.74, 6) is -0.583. The van der Waals surface area contributed by atoms with Crippen molar-refractivity contribution in [3.05, 3.63) is 88.5 Å². The van der Waals surface area contributed by atoms with Gasteiger partial charge in [-0.3, -0.25) is 10.1 Å². The van der Waals surface area contributed by atoms with Crippen molar-refractivity contribution in [3.63, 3.8) is 0 Å². The molecule has 1 heterocycles. The first-order valence-corrected chi connectivity index (χ1v) is 9.68. The average Bonchev–Trinajstić information content (AvgIpc) is 3.04. The van der Waals surface area contributed by atoms with E-state index in [0.29, 0.717) is 16.9 Å². The van der Waals surface area contributed by atoms with E-state index in [4.69, 9.17) is 10.5 Å². The molecule has 2 aromatic carbocycles. The molecule has 0 fully saturated rings. The highest BCUT2D eigenvalue weighted by Gasteiger charge is 2.15. The number of primary amides is 1. The number of imide groups is 1. The topological polar surface area (TPSA) is 110 Å². The van der Waals surface area contributed by atoms with Crippen molar-refractivity contribution in [2.24, 2.45) is 5.73 Å². The number of urea groups is 1. The Bertz CT molecular complexity index is 1240. The highest BCUT2D eigenvalue weighted by Crippen LogP contribution is 2.25. The number of benzene rings is 2. The van der Waals surface area contributed by atoms with Crippen molar-refractivity contribution in [2.45, 2.75) is 20.5 Å². The summed E-state index contributed by atoms with van der Waals surface area (Å²) >= 11 is 0. The lowest BCUT2D eigenvalue weighted by Crippen LogP contribution is -2.35. The minimum atomic E-state index is -1.03. The van der Waals surface area contributed by atoms with Crippen LogP contribution in [0.25, 0.3) is 11.8 Å². The minimum Gasteiger partial charge on any atom is -0.489 e. The molecule has 7 nitrogen and oxygen atoms in total. The van der Waals surface area contributed by atoms with Crippen LogP contribution in [-0.2, 0) is 11.4 Å². The predicted molar refractivity (Wildman–Crippen MR) is 117 cm³/mol. The van der Waals surface area contributed by atoms with E-state index < -0.39 is 11.9 Å². The Labute approximate surface area is 184 Å². The van der Waals surface area contributed by atoms with Gasteiger partial charge in [0, 0.05) is 22.6 Å². The van der Waals surface area contributed by atoms with Crippen LogP contribution >= 0.6 is 0 Å². The van der Waals surface area contributed by atoms with Crippen molar-refractivity contribution < 1.29 is 18.7 Å². The molecule has 0 aliphatic carbocycles. The minimum absolute atomic E-state index is 0.118. The van der Waals surface area contributed by atoms with Gasteiger partial charge in [-0.15, -0.1) is 0 Å². The highest BCUT2D eigenvalue weighted by molar-refractivity contribution is 6.08. The van der Waals surface area contributed by atoms with Crippen molar-refractivity contribution >= 4 is 18.0 Å². The number of nitriles is 1. The van der Waals surface area contributed by atoms with Crippen LogP contribution in [0.4, 0.5) is 9.18 Å². The second-order valence-electron chi connectivity index (χ2n) is 7.02. The third-order valence-electron chi connectivity index (χ3n) is 4.82. The van der Waals surface area contributed by atoms with Gasteiger partial charge in [0.15, 0.2) is 0 Å². The zero-order valence-corrected chi connectivity index (χ0v) is 17.6. The normalized spacial score (nSPS) is 11.0. The van der Waals surface area contributed by atoms with E-state index in [9.17, 15) is 19.2 Å². The lowest BCUT2D eigenvalue weighted by Gasteiger charge is -2.12. The number of ether oxygens (including phenoxy) is 1. The van der Waals surface area contributed by atoms with Crippen LogP contribution < -0.4 is 15.8 Å². The lowest BCUT2D eigenvalue weighted by atomic mass is 10.1. The summed E-state index contributed by atoms with van der Waals surface area (Å²) in [7, 11) is 0. The number of aryl methyl sites for hydroxylation is 1. The summed E-state index contributed by atoms with van der Waals surface area (Å²) < 4.78 is 21.4. The molecule has 1 aromatic heterocycles. The molecule has 0 atom stereocenters. The fourth-order valence-electron chi connectivity index (χ4n) is 3.28. The maximum Gasteiger partial charge on any atom is 0.319 e. The Balaban J connectivity index is 1.81. The molecule has 0 saturated carbocycles. The number of carbonyl (C=O) groups excluding carboxylic acids is 2. The first-order valence-electron chi connectivity index (χ1n) is 9.68. The number of nitrogens with one attached hydrogen (secondary N) is 1. The lowest BCUT2D eigenvalue weighted by molar-refractivity contribution is -0.115. The maximum absolute atomic E-state index is 13.7. The molecule has 0 bridgehead atoms. The second kappa shape index (κ2) is 9.62. The standard InChI is InChI=1S/C24H21FN4O3/c1-15-11-18(12-19(13-26)23(30)28-24(27)31)16(2)29(15)20-7-9-21(10-8-20)32-14-17-5-3-4-6-22(17)25/h3-12H,14H2,1-2H3,(H3,27,28,30,31)/b19-12-. The van der Waals surface area contributed by atoms with Crippen LogP contribution in [0.5, 0.6) is 5.75 Å². The number of aromatic nitrogens is 1. The molecule has 162 valence electrons. The van der Waals surface area contributed by atoms with Gasteiger partial charge in [-0.05, 0) is 61.9 Å². The number of nitrogens with zero attached hydrogens (tertiary/aromatic N) is 2. The third kappa shape index (κ3) is 5.02. The average molecular weight is 432 g/mol. The van der Waals surface area contributed by atoms with E-state index in [1.807, 2.05) is 41.9 Å². The summed E-state index contributed by atoms with van der Waals surface area (Å²) in [6.07, 6.45) is 1.41. The van der Waals surface area contributed by atoms with E-state index in [-0.39, 0.29) is 18.0 Å². The second-order valence-corrected chi connectivity index (χ2v) is 7.02. The number of carbonyl (C=O) groups is 2. The van der Waals surface area contributed by atoms with E-state index in [2.05, 4.69) is 0 Å². The summed E-state index contributed by atoms with van der Waals surface area (Å²) in [6.45, 7) is 3.86. The van der Waals surface area contributed by atoms with Crippen LogP contribution in [0.15, 0.2) is 60.2 Å². The van der Waals surface area contributed by atoms with Crippen LogP contribution in [0.1, 0.15) is 22.5 Å². The molecular formula is C24H21FN4O3. The summed E-state index contributed by atoms with van der Waals surface area (Å²) in [5.41, 5.74) is 8.35. The number of hydrogen-bond acceptors (Lipinski definition) is 4. The third-order valence-corrected chi connectivity index (χ3v) is 4.82. The Morgan fingerprint density at radius 2 is 1.88 bits per heavy atom. The van der Waals surface area contributed by atoms with Crippen molar-refractivity contribution in [3.8, 4) is 17.5 Å². The zero-order valence-electron chi connectivity index (χ0n) is 17.6. The van der Waals surface area contributed by atoms with Crippen molar-refractivity contribution in [1.82, 2.24) is 9.88 Å². The maximum atomic E-state index is 13.7. The first kappa shape index (κ1) is 22.3. The SMILES string of the molecule is Cc1cc(/C=C(/C#N)C(=O)NC(N)=O)c(C)n1-c1ccc(OCc2ccccc2F)cc1. The molecule has 0 saturated heterocycles. The van der Waals surface area contributed by atoms with Gasteiger partial charge in [-0.1, -0.05) is 18.2 Å². The largest absolute Gasteiger partial charge is 0.489 e. The van der Waals surface area contributed by atoms with Gasteiger partial charge in [-0.25, -0.2) is 9.18 Å². The number of rotatable bonds is 6. The van der Waals surface area contributed by atoms with Crippen LogP contribution in [0.2, 0.25) is 0 Å². The van der Waals surface area contributed by atoms with Gasteiger partial charge >= 0.3 is 6.03 Å². The van der Waals surface area contributed by atoms with Crippen molar-refractivity contribution in [1.29, 1.82) is 5.26 Å². The molecule has 32 heavy (non-hydrogen) atoms.